The highest BCUT2D eigenvalue weighted by Crippen LogP contribution is 2.15. The van der Waals surface area contributed by atoms with Gasteiger partial charge in [-0.2, -0.15) is 0 Å². The third-order valence-corrected chi connectivity index (χ3v) is 3.51. The molecule has 0 aromatic heterocycles. The lowest BCUT2D eigenvalue weighted by molar-refractivity contribution is -0.122. The molecular weight excluding hydrogens is 216 g/mol. The van der Waals surface area contributed by atoms with Gasteiger partial charge in [0.05, 0.1) is 12.6 Å². The molecule has 1 rings (SSSR count). The molecule has 0 bridgehead atoms. The maximum Gasteiger partial charge on any atom is 0.234 e. The van der Waals surface area contributed by atoms with Gasteiger partial charge >= 0.3 is 0 Å². The molecule has 0 spiro atoms. The highest BCUT2D eigenvalue weighted by atomic mass is 16.3. The van der Waals surface area contributed by atoms with Crippen LogP contribution in [-0.4, -0.2) is 48.2 Å². The number of nitrogens with one attached hydrogen (secondary N) is 1. The van der Waals surface area contributed by atoms with Crippen molar-refractivity contribution in [2.75, 3.05) is 26.2 Å². The molecule has 0 radical (unpaired) electrons. The van der Waals surface area contributed by atoms with E-state index in [4.69, 9.17) is 0 Å². The Hall–Kier alpha value is -0.610. The Bertz CT molecular complexity index is 225. The number of aliphatic hydroxyl groups is 1. The number of piperidine rings is 1. The molecule has 100 valence electrons. The minimum absolute atomic E-state index is 0.0860. The van der Waals surface area contributed by atoms with Crippen molar-refractivity contribution in [2.24, 2.45) is 5.92 Å². The Morgan fingerprint density at radius 3 is 2.71 bits per heavy atom. The number of likely N-dealkylation sites (tertiary alicyclic amines) is 1. The zero-order chi connectivity index (χ0) is 12.7. The zero-order valence-corrected chi connectivity index (χ0v) is 11.1. The van der Waals surface area contributed by atoms with Crippen LogP contribution in [0.1, 0.15) is 39.5 Å². The third-order valence-electron chi connectivity index (χ3n) is 3.51. The minimum Gasteiger partial charge on any atom is -0.393 e. The van der Waals surface area contributed by atoms with E-state index in [-0.39, 0.29) is 12.0 Å². The van der Waals surface area contributed by atoms with E-state index in [0.29, 0.717) is 19.5 Å². The first-order chi connectivity index (χ1) is 8.11. The van der Waals surface area contributed by atoms with E-state index in [9.17, 15) is 9.90 Å². The Kier molecular flexibility index (Phi) is 6.52. The maximum absolute atomic E-state index is 11.6. The first-order valence-electron chi connectivity index (χ1n) is 6.79. The number of aliphatic hydroxyl groups excluding tert-OH is 1. The largest absolute Gasteiger partial charge is 0.393 e. The van der Waals surface area contributed by atoms with Gasteiger partial charge in [0, 0.05) is 6.54 Å². The van der Waals surface area contributed by atoms with Crippen molar-refractivity contribution >= 4 is 5.91 Å². The number of rotatable bonds is 6. The van der Waals surface area contributed by atoms with Gasteiger partial charge < -0.3 is 10.4 Å². The SMILES string of the molecule is CCC(O)CCNC(=O)CN1CCC(C)CC1. The highest BCUT2D eigenvalue weighted by molar-refractivity contribution is 5.77. The van der Waals surface area contributed by atoms with Crippen LogP contribution in [0.3, 0.4) is 0 Å². The Morgan fingerprint density at radius 1 is 1.47 bits per heavy atom. The molecule has 1 aliphatic heterocycles. The molecule has 1 heterocycles. The van der Waals surface area contributed by atoms with Crippen LogP contribution in [0.5, 0.6) is 0 Å². The quantitative estimate of drug-likeness (QED) is 0.730. The summed E-state index contributed by atoms with van der Waals surface area (Å²) in [5.41, 5.74) is 0. The van der Waals surface area contributed by atoms with Gasteiger partial charge in [0.1, 0.15) is 0 Å². The fourth-order valence-corrected chi connectivity index (χ4v) is 2.06. The van der Waals surface area contributed by atoms with Crippen molar-refractivity contribution in [3.05, 3.63) is 0 Å². The fraction of sp³-hybridized carbons (Fsp3) is 0.923. The normalized spacial score (nSPS) is 20.2. The smallest absolute Gasteiger partial charge is 0.234 e. The molecule has 0 aromatic rings. The summed E-state index contributed by atoms with van der Waals surface area (Å²) in [5.74, 6) is 0.886. The van der Waals surface area contributed by atoms with Gasteiger partial charge in [-0.3, -0.25) is 9.69 Å². The maximum atomic E-state index is 11.6. The Balaban J connectivity index is 2.08. The second kappa shape index (κ2) is 7.67. The Morgan fingerprint density at radius 2 is 2.12 bits per heavy atom. The van der Waals surface area contributed by atoms with Crippen molar-refractivity contribution in [3.63, 3.8) is 0 Å². The predicted molar refractivity (Wildman–Crippen MR) is 68.8 cm³/mol. The topological polar surface area (TPSA) is 52.6 Å². The summed E-state index contributed by atoms with van der Waals surface area (Å²) < 4.78 is 0. The molecular formula is C13H26N2O2. The summed E-state index contributed by atoms with van der Waals surface area (Å²) in [6.07, 6.45) is 3.51. The number of hydrogen-bond acceptors (Lipinski definition) is 3. The molecule has 4 nitrogen and oxygen atoms in total. The van der Waals surface area contributed by atoms with Gasteiger partial charge in [0.15, 0.2) is 0 Å². The second-order valence-corrected chi connectivity index (χ2v) is 5.16. The average molecular weight is 242 g/mol. The number of amides is 1. The van der Waals surface area contributed by atoms with Gasteiger partial charge in [-0.15, -0.1) is 0 Å². The summed E-state index contributed by atoms with van der Waals surface area (Å²) in [7, 11) is 0. The Labute approximate surface area is 104 Å². The molecule has 1 fully saturated rings. The molecule has 1 amide bonds. The summed E-state index contributed by atoms with van der Waals surface area (Å²) >= 11 is 0. The predicted octanol–water partition coefficient (Wildman–Crippen LogP) is 0.995. The second-order valence-electron chi connectivity index (χ2n) is 5.16. The molecule has 4 heteroatoms. The molecule has 0 aliphatic carbocycles. The average Bonchev–Trinajstić information content (AvgIpc) is 2.32. The zero-order valence-electron chi connectivity index (χ0n) is 11.1. The minimum atomic E-state index is -0.286. The van der Waals surface area contributed by atoms with Crippen LogP contribution < -0.4 is 5.32 Å². The molecule has 17 heavy (non-hydrogen) atoms. The molecule has 0 saturated carbocycles. The van der Waals surface area contributed by atoms with Crippen LogP contribution in [-0.2, 0) is 4.79 Å². The standard InChI is InChI=1S/C13H26N2O2/c1-3-12(16)4-7-14-13(17)10-15-8-5-11(2)6-9-15/h11-12,16H,3-10H2,1-2H3,(H,14,17). The van der Waals surface area contributed by atoms with Crippen molar-refractivity contribution < 1.29 is 9.90 Å². The molecule has 2 N–H and O–H groups in total. The van der Waals surface area contributed by atoms with Gasteiger partial charge in [-0.1, -0.05) is 13.8 Å². The number of carbonyl (C=O) groups is 1. The molecule has 1 atom stereocenters. The van der Waals surface area contributed by atoms with Gasteiger partial charge in [0.25, 0.3) is 0 Å². The number of carbonyl (C=O) groups excluding carboxylic acids is 1. The number of hydrogen-bond donors (Lipinski definition) is 2. The first-order valence-corrected chi connectivity index (χ1v) is 6.79. The highest BCUT2D eigenvalue weighted by Gasteiger charge is 2.17. The van der Waals surface area contributed by atoms with Gasteiger partial charge in [0.2, 0.25) is 5.91 Å². The monoisotopic (exact) mass is 242 g/mol. The van der Waals surface area contributed by atoms with Crippen molar-refractivity contribution in [1.29, 1.82) is 0 Å². The molecule has 0 aromatic carbocycles. The van der Waals surface area contributed by atoms with Crippen LogP contribution in [0.15, 0.2) is 0 Å². The first kappa shape index (κ1) is 14.5. The summed E-state index contributed by atoms with van der Waals surface area (Å²) in [6.45, 7) is 7.37. The van der Waals surface area contributed by atoms with E-state index in [1.807, 2.05) is 6.92 Å². The molecule has 1 saturated heterocycles. The van der Waals surface area contributed by atoms with E-state index >= 15 is 0 Å². The van der Waals surface area contributed by atoms with Crippen LogP contribution >= 0.6 is 0 Å². The van der Waals surface area contributed by atoms with Crippen molar-refractivity contribution in [3.8, 4) is 0 Å². The summed E-state index contributed by atoms with van der Waals surface area (Å²) in [6, 6.07) is 0. The van der Waals surface area contributed by atoms with E-state index in [2.05, 4.69) is 17.1 Å². The molecule has 1 unspecified atom stereocenters. The summed E-state index contributed by atoms with van der Waals surface area (Å²) in [4.78, 5) is 13.8. The summed E-state index contributed by atoms with van der Waals surface area (Å²) in [5, 5.41) is 12.2. The van der Waals surface area contributed by atoms with E-state index in [1.54, 1.807) is 0 Å². The van der Waals surface area contributed by atoms with Crippen molar-refractivity contribution in [2.45, 2.75) is 45.6 Å². The third kappa shape index (κ3) is 6.03. The van der Waals surface area contributed by atoms with E-state index in [1.165, 1.54) is 12.8 Å². The van der Waals surface area contributed by atoms with Gasteiger partial charge in [-0.05, 0) is 44.7 Å². The number of nitrogens with zero attached hydrogens (tertiary/aromatic N) is 1. The van der Waals surface area contributed by atoms with Crippen LogP contribution in [0.4, 0.5) is 0 Å². The lowest BCUT2D eigenvalue weighted by Gasteiger charge is -2.29. The molecule has 1 aliphatic rings. The van der Waals surface area contributed by atoms with Gasteiger partial charge in [-0.25, -0.2) is 0 Å². The van der Waals surface area contributed by atoms with E-state index in [0.717, 1.165) is 25.4 Å². The van der Waals surface area contributed by atoms with E-state index < -0.39 is 0 Å². The fourth-order valence-electron chi connectivity index (χ4n) is 2.06. The lowest BCUT2D eigenvalue weighted by Crippen LogP contribution is -2.41. The van der Waals surface area contributed by atoms with Crippen LogP contribution in [0, 0.1) is 5.92 Å². The van der Waals surface area contributed by atoms with Crippen molar-refractivity contribution in [1.82, 2.24) is 10.2 Å². The lowest BCUT2D eigenvalue weighted by atomic mass is 9.99. The van der Waals surface area contributed by atoms with Crippen LogP contribution in [0.2, 0.25) is 0 Å². The van der Waals surface area contributed by atoms with Crippen LogP contribution in [0.25, 0.3) is 0 Å².